The lowest BCUT2D eigenvalue weighted by Crippen LogP contribution is -2.33. The fourth-order valence-electron chi connectivity index (χ4n) is 1.97. The number of benzene rings is 1. The maximum atomic E-state index is 5.27. The van der Waals surface area contributed by atoms with Crippen molar-refractivity contribution in [2.75, 3.05) is 25.2 Å². The van der Waals surface area contributed by atoms with Crippen molar-refractivity contribution >= 4 is 27.7 Å². The molecule has 1 unspecified atom stereocenters. The third kappa shape index (κ3) is 6.19. The van der Waals surface area contributed by atoms with E-state index in [0.29, 0.717) is 6.04 Å². The summed E-state index contributed by atoms with van der Waals surface area (Å²) in [7, 11) is 1.70. The minimum atomic E-state index is 0.543. The predicted molar refractivity (Wildman–Crippen MR) is 89.5 cm³/mol. The number of hydrogen-bond donors (Lipinski definition) is 1. The van der Waals surface area contributed by atoms with Crippen LogP contribution in [0.2, 0.25) is 0 Å². The van der Waals surface area contributed by atoms with Gasteiger partial charge in [-0.05, 0) is 58.8 Å². The highest BCUT2D eigenvalue weighted by atomic mass is 79.9. The highest BCUT2D eigenvalue weighted by molar-refractivity contribution is 9.10. The second-order valence-corrected chi connectivity index (χ2v) is 6.51. The molecule has 19 heavy (non-hydrogen) atoms. The Hall–Kier alpha value is -0.190. The zero-order valence-corrected chi connectivity index (χ0v) is 14.4. The Kier molecular flexibility index (Phi) is 8.58. The summed E-state index contributed by atoms with van der Waals surface area (Å²) in [5, 5.41) is 3.57. The second-order valence-electron chi connectivity index (χ2n) is 4.50. The monoisotopic (exact) mass is 345 g/mol. The summed E-state index contributed by atoms with van der Waals surface area (Å²) in [4.78, 5) is 0. The number of methoxy groups -OCH3 is 1. The molecule has 0 amide bonds. The second kappa shape index (κ2) is 9.67. The van der Waals surface area contributed by atoms with Gasteiger partial charge in [-0.25, -0.2) is 0 Å². The quantitative estimate of drug-likeness (QED) is 0.680. The minimum absolute atomic E-state index is 0.543. The van der Waals surface area contributed by atoms with Crippen LogP contribution in [-0.2, 0) is 6.42 Å². The predicted octanol–water partition coefficient (Wildman–Crippen LogP) is 4.12. The summed E-state index contributed by atoms with van der Waals surface area (Å²) in [5.41, 5.74) is 1.34. The van der Waals surface area contributed by atoms with Gasteiger partial charge in [0, 0.05) is 11.8 Å². The average molecular weight is 346 g/mol. The standard InChI is InChI=1S/C15H24BrNOS/c1-4-8-19-11-13(17-5-2)9-12-6-7-15(18-3)14(16)10-12/h6-7,10,13,17H,4-5,8-9,11H2,1-3H3. The molecule has 0 fully saturated rings. The Labute approximate surface area is 129 Å². The maximum Gasteiger partial charge on any atom is 0.133 e. The minimum Gasteiger partial charge on any atom is -0.496 e. The van der Waals surface area contributed by atoms with Crippen LogP contribution in [0.1, 0.15) is 25.8 Å². The molecule has 0 heterocycles. The Balaban J connectivity index is 2.59. The summed E-state index contributed by atoms with van der Waals surface area (Å²) in [6.45, 7) is 5.42. The van der Waals surface area contributed by atoms with Crippen LogP contribution in [0.25, 0.3) is 0 Å². The molecule has 0 spiro atoms. The SMILES string of the molecule is CCCSCC(Cc1ccc(OC)c(Br)c1)NCC. The van der Waals surface area contributed by atoms with E-state index in [9.17, 15) is 0 Å². The van der Waals surface area contributed by atoms with Crippen LogP contribution in [0.5, 0.6) is 5.75 Å². The van der Waals surface area contributed by atoms with Crippen LogP contribution in [0.4, 0.5) is 0 Å². The van der Waals surface area contributed by atoms with Crippen LogP contribution >= 0.6 is 27.7 Å². The summed E-state index contributed by atoms with van der Waals surface area (Å²) in [6, 6.07) is 6.88. The number of nitrogens with one attached hydrogen (secondary N) is 1. The molecule has 4 heteroatoms. The highest BCUT2D eigenvalue weighted by Gasteiger charge is 2.10. The van der Waals surface area contributed by atoms with E-state index in [2.05, 4.69) is 47.2 Å². The van der Waals surface area contributed by atoms with Crippen LogP contribution in [0.15, 0.2) is 22.7 Å². The smallest absolute Gasteiger partial charge is 0.133 e. The molecule has 108 valence electrons. The Morgan fingerprint density at radius 1 is 1.37 bits per heavy atom. The largest absolute Gasteiger partial charge is 0.496 e. The molecule has 0 bridgehead atoms. The molecule has 2 nitrogen and oxygen atoms in total. The first-order chi connectivity index (χ1) is 9.21. The summed E-state index contributed by atoms with van der Waals surface area (Å²) >= 11 is 5.58. The lowest BCUT2D eigenvalue weighted by Gasteiger charge is -2.18. The number of halogens is 1. The molecule has 1 atom stereocenters. The first-order valence-corrected chi connectivity index (χ1v) is 8.79. The molecule has 0 aliphatic carbocycles. The normalized spacial score (nSPS) is 12.4. The van der Waals surface area contributed by atoms with Crippen LogP contribution in [-0.4, -0.2) is 31.2 Å². The Bertz CT molecular complexity index is 373. The van der Waals surface area contributed by atoms with E-state index in [4.69, 9.17) is 4.74 Å². The fraction of sp³-hybridized carbons (Fsp3) is 0.600. The van der Waals surface area contributed by atoms with Crippen molar-refractivity contribution in [3.63, 3.8) is 0 Å². The summed E-state index contributed by atoms with van der Waals surface area (Å²) in [6.07, 6.45) is 2.31. The lowest BCUT2D eigenvalue weighted by molar-refractivity contribution is 0.412. The zero-order chi connectivity index (χ0) is 14.1. The van der Waals surface area contributed by atoms with Gasteiger partial charge in [-0.2, -0.15) is 11.8 Å². The van der Waals surface area contributed by atoms with Gasteiger partial charge in [-0.15, -0.1) is 0 Å². The number of hydrogen-bond acceptors (Lipinski definition) is 3. The first-order valence-electron chi connectivity index (χ1n) is 6.84. The molecule has 1 N–H and O–H groups in total. The Morgan fingerprint density at radius 3 is 2.74 bits per heavy atom. The fourth-order valence-corrected chi connectivity index (χ4v) is 3.53. The molecule has 0 aromatic heterocycles. The van der Waals surface area contributed by atoms with Gasteiger partial charge in [0.1, 0.15) is 5.75 Å². The van der Waals surface area contributed by atoms with Gasteiger partial charge in [-0.3, -0.25) is 0 Å². The van der Waals surface area contributed by atoms with E-state index in [1.807, 2.05) is 17.8 Å². The lowest BCUT2D eigenvalue weighted by atomic mass is 10.1. The summed E-state index contributed by atoms with van der Waals surface area (Å²) in [5.74, 6) is 3.31. The number of ether oxygens (including phenoxy) is 1. The maximum absolute atomic E-state index is 5.27. The van der Waals surface area contributed by atoms with Crippen LogP contribution in [0, 0.1) is 0 Å². The molecule has 1 aromatic rings. The number of likely N-dealkylation sites (N-methyl/N-ethyl adjacent to an activating group) is 1. The molecule has 1 rings (SSSR count). The van der Waals surface area contributed by atoms with E-state index in [0.717, 1.165) is 23.2 Å². The topological polar surface area (TPSA) is 21.3 Å². The third-order valence-corrected chi connectivity index (χ3v) is 4.81. The van der Waals surface area contributed by atoms with Crippen molar-refractivity contribution in [3.05, 3.63) is 28.2 Å². The van der Waals surface area contributed by atoms with E-state index < -0.39 is 0 Å². The van der Waals surface area contributed by atoms with Crippen LogP contribution < -0.4 is 10.1 Å². The van der Waals surface area contributed by atoms with Crippen molar-refractivity contribution in [2.24, 2.45) is 0 Å². The van der Waals surface area contributed by atoms with Crippen molar-refractivity contribution in [1.29, 1.82) is 0 Å². The number of thioether (sulfide) groups is 1. The van der Waals surface area contributed by atoms with Crippen molar-refractivity contribution in [1.82, 2.24) is 5.32 Å². The van der Waals surface area contributed by atoms with E-state index in [1.54, 1.807) is 7.11 Å². The van der Waals surface area contributed by atoms with Gasteiger partial charge in [0.25, 0.3) is 0 Å². The molecule has 0 aliphatic rings. The van der Waals surface area contributed by atoms with Crippen molar-refractivity contribution < 1.29 is 4.74 Å². The van der Waals surface area contributed by atoms with Gasteiger partial charge >= 0.3 is 0 Å². The Morgan fingerprint density at radius 2 is 2.16 bits per heavy atom. The van der Waals surface area contributed by atoms with Crippen molar-refractivity contribution in [2.45, 2.75) is 32.7 Å². The van der Waals surface area contributed by atoms with Gasteiger partial charge in [0.15, 0.2) is 0 Å². The zero-order valence-electron chi connectivity index (χ0n) is 12.0. The summed E-state index contributed by atoms with van der Waals surface area (Å²) < 4.78 is 6.30. The molecular formula is C15H24BrNOS. The van der Waals surface area contributed by atoms with Gasteiger partial charge in [0.05, 0.1) is 11.6 Å². The third-order valence-electron chi connectivity index (χ3n) is 2.86. The highest BCUT2D eigenvalue weighted by Crippen LogP contribution is 2.26. The molecular weight excluding hydrogens is 322 g/mol. The first kappa shape index (κ1) is 16.9. The molecule has 0 aliphatic heterocycles. The molecule has 0 saturated heterocycles. The molecule has 0 radical (unpaired) electrons. The van der Waals surface area contributed by atoms with Gasteiger partial charge in [-0.1, -0.05) is 19.9 Å². The van der Waals surface area contributed by atoms with Gasteiger partial charge in [0.2, 0.25) is 0 Å². The van der Waals surface area contributed by atoms with Gasteiger partial charge < -0.3 is 10.1 Å². The van der Waals surface area contributed by atoms with Crippen molar-refractivity contribution in [3.8, 4) is 5.75 Å². The van der Waals surface area contributed by atoms with E-state index >= 15 is 0 Å². The van der Waals surface area contributed by atoms with E-state index in [1.165, 1.54) is 23.5 Å². The van der Waals surface area contributed by atoms with E-state index in [-0.39, 0.29) is 0 Å². The number of rotatable bonds is 9. The van der Waals surface area contributed by atoms with Crippen LogP contribution in [0.3, 0.4) is 0 Å². The average Bonchev–Trinajstić information content (AvgIpc) is 2.39. The molecule has 1 aromatic carbocycles. The molecule has 0 saturated carbocycles.